The van der Waals surface area contributed by atoms with E-state index in [9.17, 15) is 5.11 Å². The minimum Gasteiger partial charge on any atom is -0.387 e. The first-order valence-corrected chi connectivity index (χ1v) is 8.80. The fraction of sp³-hybridized carbons (Fsp3) is 0.381. The Labute approximate surface area is 150 Å². The molecular formula is C21H26N2O2. The summed E-state index contributed by atoms with van der Waals surface area (Å²) in [7, 11) is 0. The van der Waals surface area contributed by atoms with E-state index < -0.39 is 6.10 Å². The van der Waals surface area contributed by atoms with Crippen LogP contribution in [0, 0.1) is 11.3 Å². The van der Waals surface area contributed by atoms with E-state index in [4.69, 9.17) is 10.00 Å². The molecule has 4 nitrogen and oxygen atoms in total. The maximum absolute atomic E-state index is 9.86. The van der Waals surface area contributed by atoms with Gasteiger partial charge in [-0.3, -0.25) is 0 Å². The Morgan fingerprint density at radius 2 is 1.88 bits per heavy atom. The van der Waals surface area contributed by atoms with Crippen LogP contribution >= 0.6 is 0 Å². The molecule has 132 valence electrons. The molecule has 1 unspecified atom stereocenters. The number of hydrogen-bond acceptors (Lipinski definition) is 4. The highest BCUT2D eigenvalue weighted by atomic mass is 16.5. The second-order valence-corrected chi connectivity index (χ2v) is 6.03. The van der Waals surface area contributed by atoms with Gasteiger partial charge in [-0.15, -0.1) is 0 Å². The number of hydrogen-bond donors (Lipinski definition) is 2. The van der Waals surface area contributed by atoms with Gasteiger partial charge in [0, 0.05) is 18.8 Å². The van der Waals surface area contributed by atoms with Crippen LogP contribution in [0.3, 0.4) is 0 Å². The van der Waals surface area contributed by atoms with E-state index in [2.05, 4.69) is 17.4 Å². The standard InChI is InChI=1S/C21H26N2O2/c22-13-12-21(24)19-10-7-11-20(16-19)23-14-5-2-6-15-25-17-18-8-3-1-4-9-18/h1,3-4,7-11,16,21,23-24H,2,5-6,12,14-15,17H2. The molecule has 2 aromatic carbocycles. The number of anilines is 1. The summed E-state index contributed by atoms with van der Waals surface area (Å²) in [5, 5.41) is 21.9. The predicted octanol–water partition coefficient (Wildman–Crippen LogP) is 4.43. The maximum atomic E-state index is 9.86. The number of nitrogens with zero attached hydrogens (tertiary/aromatic N) is 1. The molecule has 0 aromatic heterocycles. The number of aliphatic hydroxyl groups is 1. The van der Waals surface area contributed by atoms with E-state index in [1.165, 1.54) is 5.56 Å². The molecule has 0 saturated carbocycles. The fourth-order valence-electron chi connectivity index (χ4n) is 2.56. The van der Waals surface area contributed by atoms with Crippen molar-refractivity contribution in [2.24, 2.45) is 0 Å². The molecule has 0 aliphatic heterocycles. The number of aliphatic hydroxyl groups excluding tert-OH is 1. The quantitative estimate of drug-likeness (QED) is 0.595. The van der Waals surface area contributed by atoms with Crippen molar-refractivity contribution in [3.63, 3.8) is 0 Å². The summed E-state index contributed by atoms with van der Waals surface area (Å²) in [6.45, 7) is 2.35. The third-order valence-corrected chi connectivity index (χ3v) is 3.96. The Morgan fingerprint density at radius 1 is 1.04 bits per heavy atom. The van der Waals surface area contributed by atoms with Crippen LogP contribution in [0.1, 0.15) is 42.9 Å². The average Bonchev–Trinajstić information content (AvgIpc) is 2.65. The normalized spacial score (nSPS) is 11.7. The van der Waals surface area contributed by atoms with Crippen molar-refractivity contribution in [1.82, 2.24) is 0 Å². The van der Waals surface area contributed by atoms with E-state index in [0.717, 1.165) is 43.7 Å². The number of unbranched alkanes of at least 4 members (excludes halogenated alkanes) is 2. The zero-order valence-corrected chi connectivity index (χ0v) is 14.5. The molecule has 0 bridgehead atoms. The molecule has 2 N–H and O–H groups in total. The van der Waals surface area contributed by atoms with Gasteiger partial charge in [-0.25, -0.2) is 0 Å². The van der Waals surface area contributed by atoms with Crippen molar-refractivity contribution in [2.45, 2.75) is 38.4 Å². The molecule has 2 aromatic rings. The highest BCUT2D eigenvalue weighted by molar-refractivity contribution is 5.46. The molecule has 1 atom stereocenters. The lowest BCUT2D eigenvalue weighted by Crippen LogP contribution is -2.04. The van der Waals surface area contributed by atoms with Gasteiger partial charge in [0.25, 0.3) is 0 Å². The smallest absolute Gasteiger partial charge is 0.0920 e. The first kappa shape index (κ1) is 19.0. The molecular weight excluding hydrogens is 312 g/mol. The summed E-state index contributed by atoms with van der Waals surface area (Å²) < 4.78 is 5.68. The van der Waals surface area contributed by atoms with Crippen molar-refractivity contribution in [3.05, 3.63) is 65.7 Å². The van der Waals surface area contributed by atoms with E-state index in [1.54, 1.807) is 0 Å². The number of rotatable bonds is 11. The van der Waals surface area contributed by atoms with E-state index in [1.807, 2.05) is 48.5 Å². The Bertz CT molecular complexity index is 652. The van der Waals surface area contributed by atoms with Gasteiger partial charge in [-0.2, -0.15) is 5.26 Å². The van der Waals surface area contributed by atoms with Crippen LogP contribution in [0.2, 0.25) is 0 Å². The summed E-state index contributed by atoms with van der Waals surface area (Å²) in [6.07, 6.45) is 2.63. The van der Waals surface area contributed by atoms with Gasteiger partial charge < -0.3 is 15.2 Å². The highest BCUT2D eigenvalue weighted by Crippen LogP contribution is 2.19. The van der Waals surface area contributed by atoms with Crippen LogP contribution in [-0.4, -0.2) is 18.3 Å². The van der Waals surface area contributed by atoms with Gasteiger partial charge in [0.1, 0.15) is 0 Å². The topological polar surface area (TPSA) is 65.3 Å². The molecule has 4 heteroatoms. The zero-order valence-electron chi connectivity index (χ0n) is 14.5. The number of ether oxygens (including phenoxy) is 1. The Balaban J connectivity index is 1.56. The lowest BCUT2D eigenvalue weighted by atomic mass is 10.1. The van der Waals surface area contributed by atoms with Crippen molar-refractivity contribution < 1.29 is 9.84 Å². The van der Waals surface area contributed by atoms with Crippen molar-refractivity contribution in [1.29, 1.82) is 5.26 Å². The molecule has 0 spiro atoms. The van der Waals surface area contributed by atoms with Gasteiger partial charge in [-0.05, 0) is 42.5 Å². The first-order valence-electron chi connectivity index (χ1n) is 8.80. The first-order chi connectivity index (χ1) is 12.3. The fourth-order valence-corrected chi connectivity index (χ4v) is 2.56. The van der Waals surface area contributed by atoms with Gasteiger partial charge in [0.05, 0.1) is 25.2 Å². The van der Waals surface area contributed by atoms with Crippen LogP contribution in [0.15, 0.2) is 54.6 Å². The average molecular weight is 338 g/mol. The molecule has 0 radical (unpaired) electrons. The number of nitriles is 1. The predicted molar refractivity (Wildman–Crippen MR) is 100 cm³/mol. The molecule has 0 amide bonds. The molecule has 0 aliphatic carbocycles. The van der Waals surface area contributed by atoms with Crippen LogP contribution in [0.25, 0.3) is 0 Å². The summed E-state index contributed by atoms with van der Waals surface area (Å²) in [4.78, 5) is 0. The van der Waals surface area contributed by atoms with Gasteiger partial charge in [-0.1, -0.05) is 42.5 Å². The molecule has 0 aliphatic rings. The SMILES string of the molecule is N#CCC(O)c1cccc(NCCCCCOCc2ccccc2)c1. The Kier molecular flexibility index (Phi) is 8.54. The van der Waals surface area contributed by atoms with E-state index in [-0.39, 0.29) is 6.42 Å². The molecule has 0 fully saturated rings. The third-order valence-electron chi connectivity index (χ3n) is 3.96. The van der Waals surface area contributed by atoms with Crippen molar-refractivity contribution in [2.75, 3.05) is 18.5 Å². The van der Waals surface area contributed by atoms with E-state index >= 15 is 0 Å². The monoisotopic (exact) mass is 338 g/mol. The van der Waals surface area contributed by atoms with Gasteiger partial charge in [0.2, 0.25) is 0 Å². The lowest BCUT2D eigenvalue weighted by molar-refractivity contribution is 0.117. The second kappa shape index (κ2) is 11.2. The number of nitrogens with one attached hydrogen (secondary N) is 1. The minimum absolute atomic E-state index is 0.117. The van der Waals surface area contributed by atoms with Crippen molar-refractivity contribution in [3.8, 4) is 6.07 Å². The summed E-state index contributed by atoms with van der Waals surface area (Å²) >= 11 is 0. The van der Waals surface area contributed by atoms with Crippen LogP contribution in [0.4, 0.5) is 5.69 Å². The Hall–Kier alpha value is -2.35. The second-order valence-electron chi connectivity index (χ2n) is 6.03. The molecule has 0 saturated heterocycles. The maximum Gasteiger partial charge on any atom is 0.0920 e. The largest absolute Gasteiger partial charge is 0.387 e. The third kappa shape index (κ3) is 7.38. The molecule has 2 rings (SSSR count). The molecule has 25 heavy (non-hydrogen) atoms. The number of benzene rings is 2. The van der Waals surface area contributed by atoms with Gasteiger partial charge >= 0.3 is 0 Å². The van der Waals surface area contributed by atoms with E-state index in [0.29, 0.717) is 6.61 Å². The zero-order chi connectivity index (χ0) is 17.7. The summed E-state index contributed by atoms with van der Waals surface area (Å²) in [6, 6.07) is 19.8. The van der Waals surface area contributed by atoms with Crippen LogP contribution < -0.4 is 5.32 Å². The van der Waals surface area contributed by atoms with Gasteiger partial charge in [0.15, 0.2) is 0 Å². The minimum atomic E-state index is -0.714. The molecule has 0 heterocycles. The summed E-state index contributed by atoms with van der Waals surface area (Å²) in [5.74, 6) is 0. The van der Waals surface area contributed by atoms with Crippen LogP contribution in [0.5, 0.6) is 0 Å². The summed E-state index contributed by atoms with van der Waals surface area (Å²) in [5.41, 5.74) is 2.97. The van der Waals surface area contributed by atoms with Crippen molar-refractivity contribution >= 4 is 5.69 Å². The lowest BCUT2D eigenvalue weighted by Gasteiger charge is -2.11. The Morgan fingerprint density at radius 3 is 2.68 bits per heavy atom. The highest BCUT2D eigenvalue weighted by Gasteiger charge is 2.06. The van der Waals surface area contributed by atoms with Crippen LogP contribution in [-0.2, 0) is 11.3 Å².